The van der Waals surface area contributed by atoms with E-state index in [-0.39, 0.29) is 29.5 Å². The molecular formula is C18H39IN4O. The van der Waals surface area contributed by atoms with Crippen molar-refractivity contribution in [2.45, 2.75) is 70.9 Å². The lowest BCUT2D eigenvalue weighted by Gasteiger charge is -2.31. The average molecular weight is 454 g/mol. The number of nitrogens with zero attached hydrogens (tertiary/aromatic N) is 2. The Balaban J connectivity index is 0.00000529. The van der Waals surface area contributed by atoms with Crippen LogP contribution < -0.4 is 10.6 Å². The van der Waals surface area contributed by atoms with Gasteiger partial charge >= 0.3 is 0 Å². The Morgan fingerprint density at radius 1 is 1.12 bits per heavy atom. The molecule has 24 heavy (non-hydrogen) atoms. The van der Waals surface area contributed by atoms with E-state index in [1.165, 1.54) is 38.5 Å². The Labute approximate surface area is 166 Å². The normalized spacial score (nSPS) is 17.3. The largest absolute Gasteiger partial charge is 0.376 e. The van der Waals surface area contributed by atoms with E-state index >= 15 is 0 Å². The predicted octanol–water partition coefficient (Wildman–Crippen LogP) is 3.24. The van der Waals surface area contributed by atoms with Crippen molar-refractivity contribution in [3.8, 4) is 0 Å². The molecule has 1 fully saturated rings. The monoisotopic (exact) mass is 454 g/mol. The molecule has 6 heteroatoms. The van der Waals surface area contributed by atoms with Crippen molar-refractivity contribution >= 4 is 29.9 Å². The van der Waals surface area contributed by atoms with Crippen molar-refractivity contribution in [3.05, 3.63) is 0 Å². The van der Waals surface area contributed by atoms with E-state index in [1.807, 2.05) is 0 Å². The minimum atomic E-state index is 0. The van der Waals surface area contributed by atoms with Crippen molar-refractivity contribution in [2.75, 3.05) is 40.3 Å². The number of hydrogen-bond acceptors (Lipinski definition) is 3. The highest BCUT2D eigenvalue weighted by Gasteiger charge is 2.20. The maximum atomic E-state index is 6.02. The zero-order valence-corrected chi connectivity index (χ0v) is 18.7. The summed E-state index contributed by atoms with van der Waals surface area (Å²) < 4.78 is 6.02. The Hall–Kier alpha value is -0.0800. The molecule has 1 aliphatic rings. The van der Waals surface area contributed by atoms with Gasteiger partial charge in [-0.15, -0.1) is 24.0 Å². The second-order valence-electron chi connectivity index (χ2n) is 7.31. The van der Waals surface area contributed by atoms with E-state index in [4.69, 9.17) is 9.73 Å². The van der Waals surface area contributed by atoms with Gasteiger partial charge in [-0.05, 0) is 47.7 Å². The summed E-state index contributed by atoms with van der Waals surface area (Å²) in [7, 11) is 4.19. The van der Waals surface area contributed by atoms with Gasteiger partial charge in [0.05, 0.1) is 19.3 Å². The number of halogens is 1. The maximum Gasteiger partial charge on any atom is 0.191 e. The van der Waals surface area contributed by atoms with Gasteiger partial charge in [0.15, 0.2) is 5.96 Å². The third-order valence-electron chi connectivity index (χ3n) is 4.73. The van der Waals surface area contributed by atoms with Crippen LogP contribution in [0.1, 0.15) is 59.3 Å². The summed E-state index contributed by atoms with van der Waals surface area (Å²) in [4.78, 5) is 6.91. The smallest absolute Gasteiger partial charge is 0.191 e. The molecule has 5 nitrogen and oxygen atoms in total. The van der Waals surface area contributed by atoms with Crippen LogP contribution in [0.5, 0.6) is 0 Å². The van der Waals surface area contributed by atoms with Crippen LogP contribution >= 0.6 is 24.0 Å². The first kappa shape index (κ1) is 23.9. The van der Waals surface area contributed by atoms with Crippen LogP contribution in [0.3, 0.4) is 0 Å². The number of hydrogen-bond donors (Lipinski definition) is 2. The number of likely N-dealkylation sites (N-methyl/N-ethyl adjacent to an activating group) is 1. The van der Waals surface area contributed by atoms with Crippen molar-refractivity contribution in [1.82, 2.24) is 15.5 Å². The van der Waals surface area contributed by atoms with Gasteiger partial charge in [0, 0.05) is 18.6 Å². The van der Waals surface area contributed by atoms with Crippen molar-refractivity contribution in [2.24, 2.45) is 4.99 Å². The van der Waals surface area contributed by atoms with Crippen LogP contribution in [0.2, 0.25) is 0 Å². The van der Waals surface area contributed by atoms with Crippen LogP contribution in [-0.4, -0.2) is 62.8 Å². The molecule has 0 heterocycles. The zero-order chi connectivity index (χ0) is 17.1. The summed E-state index contributed by atoms with van der Waals surface area (Å²) in [6.07, 6.45) is 8.31. The van der Waals surface area contributed by atoms with Gasteiger partial charge in [-0.3, -0.25) is 4.99 Å². The zero-order valence-electron chi connectivity index (χ0n) is 16.4. The number of guanidine groups is 1. The summed E-state index contributed by atoms with van der Waals surface area (Å²) in [6.45, 7) is 9.70. The summed E-state index contributed by atoms with van der Waals surface area (Å²) in [5.74, 6) is 0.881. The maximum absolute atomic E-state index is 6.02. The highest BCUT2D eigenvalue weighted by molar-refractivity contribution is 14.0. The minimum absolute atomic E-state index is 0. The predicted molar refractivity (Wildman–Crippen MR) is 115 cm³/mol. The molecule has 0 bridgehead atoms. The molecule has 1 aliphatic carbocycles. The van der Waals surface area contributed by atoms with E-state index in [2.05, 4.69) is 50.4 Å². The Morgan fingerprint density at radius 3 is 2.29 bits per heavy atom. The Bertz CT molecular complexity index is 340. The fourth-order valence-electron chi connectivity index (χ4n) is 2.56. The first-order valence-corrected chi connectivity index (χ1v) is 9.27. The van der Waals surface area contributed by atoms with Crippen LogP contribution in [0.15, 0.2) is 4.99 Å². The molecule has 0 aromatic carbocycles. The van der Waals surface area contributed by atoms with Crippen molar-refractivity contribution in [3.63, 3.8) is 0 Å². The standard InChI is InChI=1S/C18H38N4O.HI/c1-6-19-17(21-15-18(2,3)22(4)5)20-13-14-23-16-11-9-7-8-10-12-16;/h16H,6-15H2,1-5H3,(H2,19,20,21);1H. The molecule has 0 atom stereocenters. The molecule has 0 radical (unpaired) electrons. The van der Waals surface area contributed by atoms with E-state index in [9.17, 15) is 0 Å². The number of rotatable bonds is 8. The molecule has 0 amide bonds. The van der Waals surface area contributed by atoms with Crippen LogP contribution in [-0.2, 0) is 4.74 Å². The van der Waals surface area contributed by atoms with E-state index in [1.54, 1.807) is 0 Å². The second-order valence-corrected chi connectivity index (χ2v) is 7.31. The van der Waals surface area contributed by atoms with Gasteiger partial charge in [0.1, 0.15) is 0 Å². The van der Waals surface area contributed by atoms with E-state index in [0.29, 0.717) is 6.10 Å². The molecule has 1 rings (SSSR count). The summed E-state index contributed by atoms with van der Waals surface area (Å²) in [6, 6.07) is 0. The fraction of sp³-hybridized carbons (Fsp3) is 0.944. The molecule has 1 saturated carbocycles. The summed E-state index contributed by atoms with van der Waals surface area (Å²) in [5.41, 5.74) is 0.0548. The van der Waals surface area contributed by atoms with Gasteiger partial charge in [-0.25, -0.2) is 0 Å². The van der Waals surface area contributed by atoms with E-state index in [0.717, 1.165) is 32.2 Å². The molecule has 0 spiro atoms. The number of aliphatic imine (C=N–C) groups is 1. The quantitative estimate of drug-likeness (QED) is 0.194. The van der Waals surface area contributed by atoms with Crippen LogP contribution in [0.25, 0.3) is 0 Å². The van der Waals surface area contributed by atoms with Crippen LogP contribution in [0, 0.1) is 0 Å². The average Bonchev–Trinajstić information content (AvgIpc) is 2.77. The van der Waals surface area contributed by atoms with Crippen molar-refractivity contribution < 1.29 is 4.74 Å². The van der Waals surface area contributed by atoms with Crippen molar-refractivity contribution in [1.29, 1.82) is 0 Å². The Morgan fingerprint density at radius 2 is 1.75 bits per heavy atom. The first-order chi connectivity index (χ1) is 11.0. The molecule has 0 aliphatic heterocycles. The molecule has 2 N–H and O–H groups in total. The van der Waals surface area contributed by atoms with Gasteiger partial charge in [-0.2, -0.15) is 0 Å². The molecule has 0 saturated heterocycles. The van der Waals surface area contributed by atoms with Gasteiger partial charge in [-0.1, -0.05) is 25.7 Å². The Kier molecular flexibility index (Phi) is 13.1. The number of nitrogens with one attached hydrogen (secondary N) is 2. The highest BCUT2D eigenvalue weighted by Crippen LogP contribution is 2.19. The fourth-order valence-corrected chi connectivity index (χ4v) is 2.56. The SMILES string of the molecule is CCNC(=NCC(C)(C)N(C)C)NCCOC1CCCCCC1.I. The van der Waals surface area contributed by atoms with E-state index < -0.39 is 0 Å². The third-order valence-corrected chi connectivity index (χ3v) is 4.73. The molecule has 0 aromatic rings. The van der Waals surface area contributed by atoms with Gasteiger partial charge in [0.25, 0.3) is 0 Å². The lowest BCUT2D eigenvalue weighted by atomic mass is 10.1. The molecule has 0 aromatic heterocycles. The van der Waals surface area contributed by atoms with Gasteiger partial charge < -0.3 is 20.3 Å². The van der Waals surface area contributed by atoms with Crippen LogP contribution in [0.4, 0.5) is 0 Å². The molecule has 0 unspecified atom stereocenters. The lowest BCUT2D eigenvalue weighted by Crippen LogP contribution is -2.44. The molecule has 144 valence electrons. The second kappa shape index (κ2) is 13.2. The molecular weight excluding hydrogens is 415 g/mol. The highest BCUT2D eigenvalue weighted by atomic mass is 127. The summed E-state index contributed by atoms with van der Waals surface area (Å²) in [5, 5.41) is 6.69. The van der Waals surface area contributed by atoms with Gasteiger partial charge in [0.2, 0.25) is 0 Å². The summed E-state index contributed by atoms with van der Waals surface area (Å²) >= 11 is 0. The first-order valence-electron chi connectivity index (χ1n) is 9.27. The lowest BCUT2D eigenvalue weighted by molar-refractivity contribution is 0.0468. The third kappa shape index (κ3) is 10.0. The topological polar surface area (TPSA) is 48.9 Å². The number of ether oxygens (including phenoxy) is 1. The minimum Gasteiger partial charge on any atom is -0.376 e.